The molecule has 1 aromatic rings. The minimum absolute atomic E-state index is 0.427. The van der Waals surface area contributed by atoms with Crippen molar-refractivity contribution in [2.24, 2.45) is 10.9 Å². The number of aliphatic imine (C=N–C) groups is 1. The van der Waals surface area contributed by atoms with Crippen molar-refractivity contribution in [1.82, 2.24) is 20.2 Å². The number of hydrogen-bond acceptors (Lipinski definition) is 2. The van der Waals surface area contributed by atoms with Gasteiger partial charge in [-0.15, -0.1) is 0 Å². The Morgan fingerprint density at radius 3 is 2.67 bits per heavy atom. The van der Waals surface area contributed by atoms with Gasteiger partial charge in [0, 0.05) is 38.1 Å². The third-order valence-electron chi connectivity index (χ3n) is 3.71. The Kier molecular flexibility index (Phi) is 7.87. The van der Waals surface area contributed by atoms with Crippen LogP contribution in [0.4, 0.5) is 0 Å². The third-order valence-corrected chi connectivity index (χ3v) is 3.71. The molecule has 21 heavy (non-hydrogen) atoms. The molecule has 0 amide bonds. The van der Waals surface area contributed by atoms with E-state index >= 15 is 0 Å². The Morgan fingerprint density at radius 1 is 1.33 bits per heavy atom. The molecule has 0 spiro atoms. The van der Waals surface area contributed by atoms with E-state index in [-0.39, 0.29) is 0 Å². The fourth-order valence-electron chi connectivity index (χ4n) is 1.93. The molecule has 1 rings (SSSR count). The van der Waals surface area contributed by atoms with Crippen molar-refractivity contribution in [3.8, 4) is 0 Å². The zero-order chi connectivity index (χ0) is 15.7. The summed E-state index contributed by atoms with van der Waals surface area (Å²) in [7, 11) is 0. The average molecular weight is 293 g/mol. The predicted octanol–water partition coefficient (Wildman–Crippen LogP) is 2.57. The smallest absolute Gasteiger partial charge is 0.191 e. The van der Waals surface area contributed by atoms with E-state index < -0.39 is 0 Å². The predicted molar refractivity (Wildman–Crippen MR) is 89.6 cm³/mol. The molecule has 120 valence electrons. The maximum atomic E-state index is 4.65. The standard InChI is InChI=1S/C16H31N5/c1-6-17-16(20-14(4)13(2)3)19-9-7-8-11-21-12-10-18-15(21)5/h10,12-14H,6-9,11H2,1-5H3,(H2,17,19,20). The van der Waals surface area contributed by atoms with Gasteiger partial charge < -0.3 is 15.2 Å². The van der Waals surface area contributed by atoms with Crippen LogP contribution in [0, 0.1) is 12.8 Å². The zero-order valence-corrected chi connectivity index (χ0v) is 14.2. The number of aryl methyl sites for hydroxylation is 2. The lowest BCUT2D eigenvalue weighted by Crippen LogP contribution is -2.44. The molecule has 1 aromatic heterocycles. The van der Waals surface area contributed by atoms with Gasteiger partial charge in [0.25, 0.3) is 0 Å². The molecule has 0 aliphatic rings. The van der Waals surface area contributed by atoms with Crippen molar-refractivity contribution in [1.29, 1.82) is 0 Å². The van der Waals surface area contributed by atoms with Gasteiger partial charge in [-0.1, -0.05) is 13.8 Å². The minimum atomic E-state index is 0.427. The minimum Gasteiger partial charge on any atom is -0.357 e. The summed E-state index contributed by atoms with van der Waals surface area (Å²) in [5.74, 6) is 2.61. The van der Waals surface area contributed by atoms with Crippen LogP contribution >= 0.6 is 0 Å². The van der Waals surface area contributed by atoms with E-state index in [1.54, 1.807) is 0 Å². The van der Waals surface area contributed by atoms with Gasteiger partial charge in [0.2, 0.25) is 0 Å². The van der Waals surface area contributed by atoms with Gasteiger partial charge >= 0.3 is 0 Å². The number of unbranched alkanes of at least 4 members (excludes halogenated alkanes) is 1. The van der Waals surface area contributed by atoms with Crippen molar-refractivity contribution >= 4 is 5.96 Å². The molecule has 1 unspecified atom stereocenters. The molecule has 1 atom stereocenters. The van der Waals surface area contributed by atoms with Gasteiger partial charge in [-0.05, 0) is 39.5 Å². The van der Waals surface area contributed by atoms with Gasteiger partial charge in [-0.2, -0.15) is 0 Å². The molecule has 5 nitrogen and oxygen atoms in total. The lowest BCUT2D eigenvalue weighted by Gasteiger charge is -2.20. The lowest BCUT2D eigenvalue weighted by atomic mass is 10.1. The summed E-state index contributed by atoms with van der Waals surface area (Å²) in [6.45, 7) is 13.5. The van der Waals surface area contributed by atoms with E-state index in [0.717, 1.165) is 44.3 Å². The molecule has 0 saturated heterocycles. The first-order valence-electron chi connectivity index (χ1n) is 8.07. The highest BCUT2D eigenvalue weighted by molar-refractivity contribution is 5.80. The first kappa shape index (κ1) is 17.5. The highest BCUT2D eigenvalue weighted by Gasteiger charge is 2.08. The molecule has 0 aliphatic carbocycles. The summed E-state index contributed by atoms with van der Waals surface area (Å²) in [5, 5.41) is 6.76. The Morgan fingerprint density at radius 2 is 2.10 bits per heavy atom. The number of imidazole rings is 1. The van der Waals surface area contributed by atoms with Crippen LogP contribution in [0.15, 0.2) is 17.4 Å². The second-order valence-electron chi connectivity index (χ2n) is 5.81. The monoisotopic (exact) mass is 293 g/mol. The highest BCUT2D eigenvalue weighted by atomic mass is 15.2. The van der Waals surface area contributed by atoms with Crippen LogP contribution in [0.25, 0.3) is 0 Å². The largest absolute Gasteiger partial charge is 0.357 e. The topological polar surface area (TPSA) is 54.2 Å². The van der Waals surface area contributed by atoms with E-state index in [9.17, 15) is 0 Å². The Labute approximate surface area is 129 Å². The molecule has 5 heteroatoms. The number of hydrogen-bond donors (Lipinski definition) is 2. The van der Waals surface area contributed by atoms with Crippen molar-refractivity contribution in [3.05, 3.63) is 18.2 Å². The molecule has 1 heterocycles. The second kappa shape index (κ2) is 9.42. The van der Waals surface area contributed by atoms with Crippen LogP contribution in [-0.2, 0) is 6.54 Å². The Balaban J connectivity index is 2.31. The number of rotatable bonds is 8. The summed E-state index contributed by atoms with van der Waals surface area (Å²) >= 11 is 0. The Bertz CT molecular complexity index is 422. The van der Waals surface area contributed by atoms with Gasteiger partial charge in [-0.25, -0.2) is 4.98 Å². The average Bonchev–Trinajstić information content (AvgIpc) is 2.84. The fraction of sp³-hybridized carbons (Fsp3) is 0.750. The SMILES string of the molecule is CCNC(=NCCCCn1ccnc1C)NC(C)C(C)C. The van der Waals surface area contributed by atoms with Crippen molar-refractivity contribution in [3.63, 3.8) is 0 Å². The van der Waals surface area contributed by atoms with Gasteiger partial charge in [-0.3, -0.25) is 4.99 Å². The first-order chi connectivity index (χ1) is 10.0. The molecule has 2 N–H and O–H groups in total. The normalized spacial score (nSPS) is 13.5. The maximum absolute atomic E-state index is 4.65. The molecule has 0 aliphatic heterocycles. The van der Waals surface area contributed by atoms with Crippen LogP contribution in [0.3, 0.4) is 0 Å². The zero-order valence-electron chi connectivity index (χ0n) is 14.2. The fourth-order valence-corrected chi connectivity index (χ4v) is 1.93. The maximum Gasteiger partial charge on any atom is 0.191 e. The van der Waals surface area contributed by atoms with Crippen LogP contribution in [-0.4, -0.2) is 34.6 Å². The quantitative estimate of drug-likeness (QED) is 0.440. The molecule has 0 saturated carbocycles. The number of nitrogens with zero attached hydrogens (tertiary/aromatic N) is 3. The highest BCUT2D eigenvalue weighted by Crippen LogP contribution is 2.01. The van der Waals surface area contributed by atoms with E-state index in [0.29, 0.717) is 12.0 Å². The third kappa shape index (κ3) is 6.65. The molecule has 0 aromatic carbocycles. The molecule has 0 bridgehead atoms. The van der Waals surface area contributed by atoms with Gasteiger partial charge in [0.05, 0.1) is 0 Å². The molecular formula is C16H31N5. The van der Waals surface area contributed by atoms with E-state index in [1.807, 2.05) is 19.3 Å². The van der Waals surface area contributed by atoms with Crippen molar-refractivity contribution in [2.75, 3.05) is 13.1 Å². The molecule has 0 radical (unpaired) electrons. The molecular weight excluding hydrogens is 262 g/mol. The van der Waals surface area contributed by atoms with E-state index in [1.165, 1.54) is 0 Å². The number of guanidine groups is 1. The number of aromatic nitrogens is 2. The summed E-state index contributed by atoms with van der Waals surface area (Å²) in [4.78, 5) is 8.88. The molecule has 0 fully saturated rings. The summed E-state index contributed by atoms with van der Waals surface area (Å²) in [5.41, 5.74) is 0. The second-order valence-corrected chi connectivity index (χ2v) is 5.81. The van der Waals surface area contributed by atoms with Gasteiger partial charge in [0.15, 0.2) is 5.96 Å². The Hall–Kier alpha value is -1.52. The van der Waals surface area contributed by atoms with E-state index in [2.05, 4.69) is 52.9 Å². The number of nitrogens with one attached hydrogen (secondary N) is 2. The van der Waals surface area contributed by atoms with Crippen LogP contribution in [0.2, 0.25) is 0 Å². The summed E-state index contributed by atoms with van der Waals surface area (Å²) in [6.07, 6.45) is 6.10. The summed E-state index contributed by atoms with van der Waals surface area (Å²) in [6, 6.07) is 0.427. The lowest BCUT2D eigenvalue weighted by molar-refractivity contribution is 0.480. The van der Waals surface area contributed by atoms with Crippen LogP contribution in [0.1, 0.15) is 46.4 Å². The summed E-state index contributed by atoms with van der Waals surface area (Å²) < 4.78 is 2.19. The van der Waals surface area contributed by atoms with Gasteiger partial charge in [0.1, 0.15) is 5.82 Å². The van der Waals surface area contributed by atoms with Crippen molar-refractivity contribution < 1.29 is 0 Å². The van der Waals surface area contributed by atoms with Crippen LogP contribution < -0.4 is 10.6 Å². The van der Waals surface area contributed by atoms with Crippen molar-refractivity contribution in [2.45, 2.75) is 60.0 Å². The van der Waals surface area contributed by atoms with E-state index in [4.69, 9.17) is 0 Å². The first-order valence-corrected chi connectivity index (χ1v) is 8.07. The van der Waals surface area contributed by atoms with Crippen LogP contribution in [0.5, 0.6) is 0 Å².